The van der Waals surface area contributed by atoms with Crippen LogP contribution in [0.15, 0.2) is 41.3 Å². The molecular formula is C14H14NaO5PS. The van der Waals surface area contributed by atoms with Crippen molar-refractivity contribution in [2.24, 2.45) is 0 Å². The Balaban J connectivity index is 0.00000242. The van der Waals surface area contributed by atoms with Gasteiger partial charge in [-0.1, -0.05) is 6.07 Å². The first kappa shape index (κ1) is 19.4. The molecule has 2 rings (SSSR count). The van der Waals surface area contributed by atoms with E-state index in [1.807, 2.05) is 0 Å². The number of rotatable bonds is 4. The minimum absolute atomic E-state index is 0. The van der Waals surface area contributed by atoms with Crippen molar-refractivity contribution < 1.29 is 53.8 Å². The Morgan fingerprint density at radius 2 is 1.73 bits per heavy atom. The third-order valence-electron chi connectivity index (χ3n) is 2.50. The van der Waals surface area contributed by atoms with E-state index in [-0.39, 0.29) is 46.8 Å². The van der Waals surface area contributed by atoms with Crippen molar-refractivity contribution in [2.75, 3.05) is 0 Å². The summed E-state index contributed by atoms with van der Waals surface area (Å²) in [5, 5.41) is 20.8. The predicted octanol–water partition coefficient (Wildman–Crippen LogP) is 0.358. The van der Waals surface area contributed by atoms with Crippen molar-refractivity contribution in [1.82, 2.24) is 0 Å². The van der Waals surface area contributed by atoms with Gasteiger partial charge < -0.3 is 19.6 Å². The summed E-state index contributed by atoms with van der Waals surface area (Å²) in [6, 6.07) is 8.64. The molecule has 0 amide bonds. The molecule has 0 spiro atoms. The third kappa shape index (κ3) is 5.88. The molecule has 0 aliphatic rings. The molecule has 0 aliphatic carbocycles. The third-order valence-corrected chi connectivity index (χ3v) is 5.17. The molecule has 0 heterocycles. The molecule has 8 heteroatoms. The van der Waals surface area contributed by atoms with E-state index in [1.54, 1.807) is 19.9 Å². The number of phenols is 1. The van der Waals surface area contributed by atoms with Crippen LogP contribution in [0.25, 0.3) is 0 Å². The van der Waals surface area contributed by atoms with Crippen LogP contribution in [-0.4, -0.2) is 10.00 Å². The van der Waals surface area contributed by atoms with Crippen LogP contribution in [0.2, 0.25) is 0 Å². The van der Waals surface area contributed by atoms with Gasteiger partial charge in [0, 0.05) is 16.3 Å². The molecule has 2 aromatic carbocycles. The minimum atomic E-state index is -4.05. The predicted molar refractivity (Wildman–Crippen MR) is 79.8 cm³/mol. The Hall–Kier alpha value is -0.620. The van der Waals surface area contributed by atoms with Gasteiger partial charge in [0.1, 0.15) is 11.5 Å². The van der Waals surface area contributed by atoms with E-state index in [0.29, 0.717) is 21.8 Å². The summed E-state index contributed by atoms with van der Waals surface area (Å²) in [7, 11) is 0. The zero-order chi connectivity index (χ0) is 15.6. The zero-order valence-corrected chi connectivity index (χ0v) is 16.1. The van der Waals surface area contributed by atoms with Gasteiger partial charge in [0.15, 0.2) is 0 Å². The molecule has 1 atom stereocenters. The number of aromatic hydroxyl groups is 1. The molecule has 2 aromatic rings. The Morgan fingerprint density at radius 3 is 2.32 bits per heavy atom. The van der Waals surface area contributed by atoms with E-state index in [2.05, 4.69) is 0 Å². The summed E-state index contributed by atoms with van der Waals surface area (Å²) >= 11 is 0.608. The molecule has 5 nitrogen and oxygen atoms in total. The second-order valence-electron chi connectivity index (χ2n) is 4.64. The van der Waals surface area contributed by atoms with Gasteiger partial charge in [-0.15, -0.1) is 5.75 Å². The Kier molecular flexibility index (Phi) is 6.86. The molecule has 0 saturated carbocycles. The summed E-state index contributed by atoms with van der Waals surface area (Å²) in [4.78, 5) is 10.3. The monoisotopic (exact) mass is 348 g/mol. The molecule has 2 N–H and O–H groups in total. The molecule has 0 fully saturated rings. The Morgan fingerprint density at radius 1 is 1.09 bits per heavy atom. The number of benzene rings is 2. The van der Waals surface area contributed by atoms with Crippen LogP contribution in [-0.2, 0) is 4.57 Å². The quantitative estimate of drug-likeness (QED) is 0.613. The molecular weight excluding hydrogens is 334 g/mol. The maximum Gasteiger partial charge on any atom is 1.00 e. The van der Waals surface area contributed by atoms with E-state index >= 15 is 0 Å². The van der Waals surface area contributed by atoms with Crippen molar-refractivity contribution in [3.05, 3.63) is 47.5 Å². The molecule has 0 aromatic heterocycles. The van der Waals surface area contributed by atoms with Crippen molar-refractivity contribution in [2.45, 2.75) is 18.7 Å². The van der Waals surface area contributed by atoms with Crippen molar-refractivity contribution in [3.63, 3.8) is 0 Å². The molecule has 0 bridgehead atoms. The topological polar surface area (TPSA) is 89.8 Å². The summed E-state index contributed by atoms with van der Waals surface area (Å²) in [6.45, 7) is -0.591. The molecule has 0 saturated heterocycles. The fourth-order valence-electron chi connectivity index (χ4n) is 1.83. The first-order chi connectivity index (χ1) is 9.73. The summed E-state index contributed by atoms with van der Waals surface area (Å²) in [5.74, 6) is -0.228. The van der Waals surface area contributed by atoms with Crippen LogP contribution in [0.3, 0.4) is 0 Å². The average molecular weight is 348 g/mol. The van der Waals surface area contributed by atoms with Crippen molar-refractivity contribution in [1.29, 1.82) is 0 Å². The van der Waals surface area contributed by atoms with Gasteiger partial charge in [0.25, 0.3) is 0 Å². The maximum atomic E-state index is 12.1. The standard InChI is InChI=1S/C14H15O5PS.Na/c1-9-3-11(15)7-13(5-9)19-20(17,18)21-14-6-10(2)4-12(16)8-14;/h3-8,15-16H,1-2H3,(H,17,18);/q;+1/p-1. The van der Waals surface area contributed by atoms with E-state index in [0.717, 1.165) is 11.6 Å². The largest absolute Gasteiger partial charge is 1.00 e. The average Bonchev–Trinajstić information content (AvgIpc) is 2.23. The van der Waals surface area contributed by atoms with Crippen LogP contribution in [0, 0.1) is 13.8 Å². The van der Waals surface area contributed by atoms with Crippen LogP contribution in [0.4, 0.5) is 0 Å². The van der Waals surface area contributed by atoms with Crippen LogP contribution in [0.1, 0.15) is 11.1 Å². The van der Waals surface area contributed by atoms with E-state index in [9.17, 15) is 19.7 Å². The van der Waals surface area contributed by atoms with E-state index in [1.165, 1.54) is 24.3 Å². The van der Waals surface area contributed by atoms with Gasteiger partial charge in [0.2, 0.25) is 0 Å². The number of hydrogen-bond acceptors (Lipinski definition) is 5. The van der Waals surface area contributed by atoms with Gasteiger partial charge in [-0.05, 0) is 55.3 Å². The summed E-state index contributed by atoms with van der Waals surface area (Å²) in [6.07, 6.45) is 0. The van der Waals surface area contributed by atoms with E-state index in [4.69, 9.17) is 4.52 Å². The zero-order valence-electron chi connectivity index (χ0n) is 12.4. The number of phenolic OH excluding ortho intramolecular Hbond substituents is 1. The van der Waals surface area contributed by atoms with Crippen LogP contribution in [0.5, 0.6) is 17.2 Å². The molecule has 0 aliphatic heterocycles. The van der Waals surface area contributed by atoms with Crippen LogP contribution < -0.4 is 39.2 Å². The van der Waals surface area contributed by atoms with Gasteiger partial charge in [-0.25, -0.2) is 4.57 Å². The molecule has 112 valence electrons. The second kappa shape index (κ2) is 7.77. The maximum absolute atomic E-state index is 12.1. The van der Waals surface area contributed by atoms with Crippen LogP contribution >= 0.6 is 18.2 Å². The van der Waals surface area contributed by atoms with E-state index < -0.39 is 6.80 Å². The normalized spacial score (nSPS) is 13.0. The van der Waals surface area contributed by atoms with Crippen molar-refractivity contribution in [3.8, 4) is 17.2 Å². The summed E-state index contributed by atoms with van der Waals surface area (Å²) < 4.78 is 17.2. The smallest absolute Gasteiger partial charge is 0.872 e. The fraction of sp³-hybridized carbons (Fsp3) is 0.143. The Labute approximate surface area is 154 Å². The number of aryl methyl sites for hydroxylation is 2. The minimum Gasteiger partial charge on any atom is -0.872 e. The van der Waals surface area contributed by atoms with Gasteiger partial charge in [-0.2, -0.15) is 0 Å². The first-order valence-corrected chi connectivity index (χ1v) is 9.05. The molecule has 1 unspecified atom stereocenters. The van der Waals surface area contributed by atoms with Gasteiger partial charge in [-0.3, -0.25) is 0 Å². The second-order valence-corrected chi connectivity index (χ2v) is 8.34. The van der Waals surface area contributed by atoms with Gasteiger partial charge in [0.05, 0.1) is 0 Å². The molecule has 0 radical (unpaired) electrons. The fourth-order valence-corrected chi connectivity index (χ4v) is 4.41. The Bertz CT molecular complexity index is 624. The molecule has 22 heavy (non-hydrogen) atoms. The summed E-state index contributed by atoms with van der Waals surface area (Å²) in [5.41, 5.74) is 1.41. The first-order valence-electron chi connectivity index (χ1n) is 6.05. The van der Waals surface area contributed by atoms with Crippen molar-refractivity contribution >= 4 is 18.2 Å². The SMILES string of the molecule is Cc1cc([O-])cc(OP(=O)(O)Sc2cc(C)cc(O)c2)c1.[Na+]. The van der Waals surface area contributed by atoms with Gasteiger partial charge >= 0.3 is 36.4 Å². The number of hydrogen-bond donors (Lipinski definition) is 2.